The van der Waals surface area contributed by atoms with E-state index in [1.54, 1.807) is 0 Å². The lowest BCUT2D eigenvalue weighted by Crippen LogP contribution is -2.50. The Morgan fingerprint density at radius 1 is 1.29 bits per heavy atom. The van der Waals surface area contributed by atoms with Crippen LogP contribution in [0.2, 0.25) is 0 Å². The van der Waals surface area contributed by atoms with Gasteiger partial charge in [0.2, 0.25) is 0 Å². The van der Waals surface area contributed by atoms with Gasteiger partial charge in [-0.25, -0.2) is 10.0 Å². The second-order valence-corrected chi connectivity index (χ2v) is 5.85. The van der Waals surface area contributed by atoms with Crippen LogP contribution >= 0.6 is 0 Å². The normalized spacial score (nSPS) is 26.8. The zero-order valence-corrected chi connectivity index (χ0v) is 10.5. The number of rotatable bonds is 2. The fraction of sp³-hybridized carbons (Fsp3) is 1.00. The zero-order chi connectivity index (χ0) is 10.8. The number of hydrazine groups is 1. The van der Waals surface area contributed by atoms with Crippen LogP contribution in [0.1, 0.15) is 47.0 Å². The summed E-state index contributed by atoms with van der Waals surface area (Å²) in [5.41, 5.74) is 0.456. The second-order valence-electron chi connectivity index (χ2n) is 5.85. The summed E-state index contributed by atoms with van der Waals surface area (Å²) in [6, 6.07) is 0.732. The Labute approximate surface area is 89.2 Å². The molecular weight excluding hydrogens is 172 g/mol. The lowest BCUT2D eigenvalue weighted by Gasteiger charge is -2.42. The van der Waals surface area contributed by atoms with Gasteiger partial charge in [-0.3, -0.25) is 0 Å². The summed E-state index contributed by atoms with van der Waals surface area (Å²) in [5, 5.41) is 4.94. The van der Waals surface area contributed by atoms with Crippen molar-refractivity contribution in [2.45, 2.75) is 53.0 Å². The summed E-state index contributed by atoms with van der Waals surface area (Å²) in [6.07, 6.45) is 3.99. The summed E-state index contributed by atoms with van der Waals surface area (Å²) in [7, 11) is 2.22. The van der Waals surface area contributed by atoms with Crippen molar-refractivity contribution < 1.29 is 0 Å². The summed E-state index contributed by atoms with van der Waals surface area (Å²) >= 11 is 0. The first kappa shape index (κ1) is 12.0. The lowest BCUT2D eigenvalue weighted by atomic mass is 9.92. The number of hydrogen-bond donors (Lipinski definition) is 0. The van der Waals surface area contributed by atoms with E-state index in [0.29, 0.717) is 5.41 Å². The van der Waals surface area contributed by atoms with Crippen LogP contribution in [0.4, 0.5) is 0 Å². The fourth-order valence-electron chi connectivity index (χ4n) is 2.07. The quantitative estimate of drug-likeness (QED) is 0.673. The highest BCUT2D eigenvalue weighted by Crippen LogP contribution is 2.22. The van der Waals surface area contributed by atoms with Crippen LogP contribution in [0.5, 0.6) is 0 Å². The molecule has 1 saturated heterocycles. The molecule has 14 heavy (non-hydrogen) atoms. The van der Waals surface area contributed by atoms with E-state index in [2.05, 4.69) is 44.8 Å². The Hall–Kier alpha value is -0.0800. The Kier molecular flexibility index (Phi) is 3.96. The third kappa shape index (κ3) is 3.58. The van der Waals surface area contributed by atoms with Crippen molar-refractivity contribution in [2.75, 3.05) is 20.1 Å². The summed E-state index contributed by atoms with van der Waals surface area (Å²) < 4.78 is 0. The molecule has 0 unspecified atom stereocenters. The maximum Gasteiger partial charge on any atom is 0.0218 e. The molecule has 1 rings (SSSR count). The Morgan fingerprint density at radius 3 is 2.43 bits per heavy atom. The monoisotopic (exact) mass is 198 g/mol. The summed E-state index contributed by atoms with van der Waals surface area (Å²) in [5.74, 6) is 0. The molecule has 0 bridgehead atoms. The maximum absolute atomic E-state index is 2.54. The van der Waals surface area contributed by atoms with Crippen molar-refractivity contribution in [3.8, 4) is 0 Å². The lowest BCUT2D eigenvalue weighted by molar-refractivity contribution is -0.0692. The first-order valence-electron chi connectivity index (χ1n) is 5.88. The van der Waals surface area contributed by atoms with Crippen LogP contribution in [0.3, 0.4) is 0 Å². The molecule has 0 aromatic heterocycles. The van der Waals surface area contributed by atoms with Gasteiger partial charge in [-0.2, -0.15) is 0 Å². The molecule has 0 aromatic carbocycles. The van der Waals surface area contributed by atoms with Gasteiger partial charge in [-0.1, -0.05) is 20.8 Å². The minimum atomic E-state index is 0.456. The summed E-state index contributed by atoms with van der Waals surface area (Å²) in [6.45, 7) is 11.7. The average Bonchev–Trinajstić information content (AvgIpc) is 2.01. The van der Waals surface area contributed by atoms with E-state index in [4.69, 9.17) is 0 Å². The van der Waals surface area contributed by atoms with E-state index in [-0.39, 0.29) is 0 Å². The molecule has 1 aliphatic rings. The van der Waals surface area contributed by atoms with Gasteiger partial charge >= 0.3 is 0 Å². The van der Waals surface area contributed by atoms with Crippen LogP contribution in [-0.2, 0) is 0 Å². The smallest absolute Gasteiger partial charge is 0.0218 e. The van der Waals surface area contributed by atoms with Crippen molar-refractivity contribution in [2.24, 2.45) is 5.41 Å². The van der Waals surface area contributed by atoms with Crippen molar-refractivity contribution in [3.63, 3.8) is 0 Å². The molecule has 0 saturated carbocycles. The largest absolute Gasteiger partial charge is 0.245 e. The molecular formula is C12H26N2. The molecule has 84 valence electrons. The third-order valence-corrected chi connectivity index (χ3v) is 3.14. The van der Waals surface area contributed by atoms with Gasteiger partial charge in [0, 0.05) is 26.2 Å². The van der Waals surface area contributed by atoms with Gasteiger partial charge in [0.1, 0.15) is 0 Å². The molecule has 1 heterocycles. The predicted octanol–water partition coefficient (Wildman–Crippen LogP) is 2.75. The first-order chi connectivity index (χ1) is 6.40. The highest BCUT2D eigenvalue weighted by molar-refractivity contribution is 4.73. The van der Waals surface area contributed by atoms with Crippen molar-refractivity contribution in [3.05, 3.63) is 0 Å². The SMILES string of the molecule is C[C@H]1CCCN(C)N1CCC(C)(C)C. The zero-order valence-electron chi connectivity index (χ0n) is 10.5. The van der Waals surface area contributed by atoms with Crippen LogP contribution < -0.4 is 0 Å². The molecule has 0 spiro atoms. The number of hydrogen-bond acceptors (Lipinski definition) is 2. The minimum Gasteiger partial charge on any atom is -0.245 e. The van der Waals surface area contributed by atoms with E-state index in [1.807, 2.05) is 0 Å². The topological polar surface area (TPSA) is 6.48 Å². The second kappa shape index (κ2) is 4.63. The van der Waals surface area contributed by atoms with E-state index in [0.717, 1.165) is 6.04 Å². The summed E-state index contributed by atoms with van der Waals surface area (Å²) in [4.78, 5) is 0. The van der Waals surface area contributed by atoms with Gasteiger partial charge in [0.05, 0.1) is 0 Å². The average molecular weight is 198 g/mol. The predicted molar refractivity (Wildman–Crippen MR) is 62.1 cm³/mol. The highest BCUT2D eigenvalue weighted by atomic mass is 15.6. The Morgan fingerprint density at radius 2 is 1.93 bits per heavy atom. The van der Waals surface area contributed by atoms with Crippen molar-refractivity contribution in [1.82, 2.24) is 10.0 Å². The van der Waals surface area contributed by atoms with E-state index >= 15 is 0 Å². The van der Waals surface area contributed by atoms with Gasteiger partial charge in [0.15, 0.2) is 0 Å². The van der Waals surface area contributed by atoms with Crippen molar-refractivity contribution >= 4 is 0 Å². The van der Waals surface area contributed by atoms with Crippen LogP contribution in [0.25, 0.3) is 0 Å². The van der Waals surface area contributed by atoms with Crippen LogP contribution in [-0.4, -0.2) is 36.2 Å². The molecule has 1 atom stereocenters. The first-order valence-corrected chi connectivity index (χ1v) is 5.88. The molecule has 1 fully saturated rings. The van der Waals surface area contributed by atoms with Crippen LogP contribution in [0, 0.1) is 5.41 Å². The maximum atomic E-state index is 2.54. The van der Waals surface area contributed by atoms with Gasteiger partial charge < -0.3 is 0 Å². The molecule has 2 heteroatoms. The highest BCUT2D eigenvalue weighted by Gasteiger charge is 2.24. The third-order valence-electron chi connectivity index (χ3n) is 3.14. The fourth-order valence-corrected chi connectivity index (χ4v) is 2.07. The Balaban J connectivity index is 2.40. The molecule has 0 aliphatic carbocycles. The molecule has 2 nitrogen and oxygen atoms in total. The van der Waals surface area contributed by atoms with Crippen molar-refractivity contribution in [1.29, 1.82) is 0 Å². The van der Waals surface area contributed by atoms with Gasteiger partial charge in [-0.15, -0.1) is 0 Å². The molecule has 0 radical (unpaired) electrons. The molecule has 1 aliphatic heterocycles. The van der Waals surface area contributed by atoms with Crippen LogP contribution in [0.15, 0.2) is 0 Å². The Bertz CT molecular complexity index is 162. The van der Waals surface area contributed by atoms with E-state index in [1.165, 1.54) is 32.4 Å². The van der Waals surface area contributed by atoms with E-state index < -0.39 is 0 Å². The van der Waals surface area contributed by atoms with E-state index in [9.17, 15) is 0 Å². The molecule has 0 amide bonds. The van der Waals surface area contributed by atoms with Gasteiger partial charge in [-0.05, 0) is 31.6 Å². The molecule has 0 aromatic rings. The standard InChI is InChI=1S/C12H26N2/c1-11-7-6-9-13(5)14(11)10-8-12(2,3)4/h11H,6-10H2,1-5H3/t11-/m0/s1. The molecule has 0 N–H and O–H groups in total. The minimum absolute atomic E-state index is 0.456. The van der Waals surface area contributed by atoms with Gasteiger partial charge in [0.25, 0.3) is 0 Å². The number of nitrogens with zero attached hydrogens (tertiary/aromatic N) is 2.